The van der Waals surface area contributed by atoms with Crippen molar-refractivity contribution < 1.29 is 14.6 Å². The van der Waals surface area contributed by atoms with Gasteiger partial charge in [-0.05, 0) is 54.9 Å². The highest BCUT2D eigenvalue weighted by molar-refractivity contribution is 6.76. The molecule has 0 aliphatic heterocycles. The van der Waals surface area contributed by atoms with Crippen molar-refractivity contribution in [1.82, 2.24) is 5.32 Å². The number of aliphatic hydroxyl groups is 1. The van der Waals surface area contributed by atoms with Crippen LogP contribution in [0.5, 0.6) is 5.75 Å². The van der Waals surface area contributed by atoms with Crippen molar-refractivity contribution in [1.29, 1.82) is 0 Å². The zero-order valence-electron chi connectivity index (χ0n) is 17.1. The molecule has 0 heterocycles. The van der Waals surface area contributed by atoms with E-state index < -0.39 is 15.8 Å². The molecule has 0 radical (unpaired) electrons. The van der Waals surface area contributed by atoms with Gasteiger partial charge >= 0.3 is 0 Å². The van der Waals surface area contributed by atoms with Crippen LogP contribution in [0, 0.1) is 0 Å². The molecule has 0 aliphatic carbocycles. The number of carbonyl (C=O) groups excluding carboxylic acids is 1. The van der Waals surface area contributed by atoms with Gasteiger partial charge in [-0.15, -0.1) is 0 Å². The van der Waals surface area contributed by atoms with Gasteiger partial charge in [0.2, 0.25) is 0 Å². The molecule has 2 aromatic carbocycles. The Morgan fingerprint density at radius 2 is 1.71 bits per heavy atom. The van der Waals surface area contributed by atoms with Gasteiger partial charge in [0.25, 0.3) is 9.70 Å². The lowest BCUT2D eigenvalue weighted by molar-refractivity contribution is -0.115. The second-order valence-electron chi connectivity index (χ2n) is 6.14. The van der Waals surface area contributed by atoms with E-state index in [0.717, 1.165) is 12.0 Å². The highest BCUT2D eigenvalue weighted by atomic mass is 35.6. The van der Waals surface area contributed by atoms with Crippen LogP contribution < -0.4 is 15.4 Å². The summed E-state index contributed by atoms with van der Waals surface area (Å²) in [6, 6.07) is 12.0. The maximum atomic E-state index is 11.6. The molecule has 0 saturated heterocycles. The normalized spacial score (nSPS) is 11.9. The number of nitrogens with one attached hydrogen (secondary N) is 2. The van der Waals surface area contributed by atoms with Crippen molar-refractivity contribution >= 4 is 69.6 Å². The Labute approximate surface area is 207 Å². The minimum Gasteiger partial charge on any atom is -0.491 e. The minimum absolute atomic E-state index is 0.111. The second-order valence-corrected chi connectivity index (χ2v) is 9.24. The molecule has 0 aliphatic rings. The van der Waals surface area contributed by atoms with Crippen LogP contribution in [0.25, 0.3) is 0 Å². The predicted octanol–water partition coefficient (Wildman–Crippen LogP) is 5.90. The first-order chi connectivity index (χ1) is 14.6. The molecule has 0 spiro atoms. The molecule has 172 valence electrons. The van der Waals surface area contributed by atoms with E-state index in [-0.39, 0.29) is 6.61 Å². The van der Waals surface area contributed by atoms with Crippen molar-refractivity contribution in [2.45, 2.75) is 30.2 Å². The molecule has 2 aromatic rings. The van der Waals surface area contributed by atoms with Crippen molar-refractivity contribution in [3.8, 4) is 5.75 Å². The van der Waals surface area contributed by atoms with Crippen LogP contribution in [0.2, 0.25) is 10.0 Å². The number of carbonyl (C=O) groups is 1. The van der Waals surface area contributed by atoms with Crippen LogP contribution >= 0.6 is 58.0 Å². The lowest BCUT2D eigenvalue weighted by Gasteiger charge is -2.14. The molecule has 0 unspecified atom stereocenters. The van der Waals surface area contributed by atoms with Gasteiger partial charge in [-0.3, -0.25) is 4.79 Å². The third-order valence-electron chi connectivity index (χ3n) is 3.77. The summed E-state index contributed by atoms with van der Waals surface area (Å²) in [5, 5.41) is 16.7. The van der Waals surface area contributed by atoms with Gasteiger partial charge in [-0.1, -0.05) is 77.9 Å². The van der Waals surface area contributed by atoms with E-state index in [1.807, 2.05) is 26.0 Å². The maximum absolute atomic E-state index is 11.6. The Bertz CT molecular complexity index is 814. The zero-order valence-corrected chi connectivity index (χ0v) is 20.9. The number of anilines is 1. The summed E-state index contributed by atoms with van der Waals surface area (Å²) in [4.78, 5) is 11.6. The molecular formula is C21H25Cl5N2O3. The molecule has 3 N–H and O–H groups in total. The summed E-state index contributed by atoms with van der Waals surface area (Å²) in [6.45, 7) is 5.16. The summed E-state index contributed by atoms with van der Waals surface area (Å²) in [5.74, 6) is -0.217. The highest BCUT2D eigenvalue weighted by Crippen LogP contribution is 2.28. The largest absolute Gasteiger partial charge is 0.491 e. The fourth-order valence-electron chi connectivity index (χ4n) is 2.28. The van der Waals surface area contributed by atoms with Crippen LogP contribution in [0.3, 0.4) is 0 Å². The smallest absolute Gasteiger partial charge is 0.276 e. The average molecular weight is 531 g/mol. The summed E-state index contributed by atoms with van der Waals surface area (Å²) in [6.07, 6.45) is 0.0683. The number of rotatable bonds is 9. The van der Waals surface area contributed by atoms with Crippen LogP contribution in [0.1, 0.15) is 19.4 Å². The Kier molecular flexibility index (Phi) is 12.9. The summed E-state index contributed by atoms with van der Waals surface area (Å²) in [5.41, 5.74) is 1.51. The van der Waals surface area contributed by atoms with E-state index in [4.69, 9.17) is 62.7 Å². The predicted molar refractivity (Wildman–Crippen MR) is 131 cm³/mol. The fourth-order valence-corrected chi connectivity index (χ4v) is 2.75. The van der Waals surface area contributed by atoms with E-state index in [1.165, 1.54) is 0 Å². The molecule has 31 heavy (non-hydrogen) atoms. The first-order valence-corrected chi connectivity index (χ1v) is 11.5. The van der Waals surface area contributed by atoms with Gasteiger partial charge in [0.15, 0.2) is 0 Å². The SMILES string of the molecule is CC.O=C(Nc1ccc(OC[C@@H](O)CNCCc2ccc(Cl)c(Cl)c2)cc1)C(Cl)(Cl)Cl. The van der Waals surface area contributed by atoms with Crippen molar-refractivity contribution in [2.24, 2.45) is 0 Å². The topological polar surface area (TPSA) is 70.6 Å². The molecule has 0 aromatic heterocycles. The summed E-state index contributed by atoms with van der Waals surface area (Å²) >= 11 is 28.4. The lowest BCUT2D eigenvalue weighted by Crippen LogP contribution is -2.32. The summed E-state index contributed by atoms with van der Waals surface area (Å²) < 4.78 is 3.49. The monoisotopic (exact) mass is 528 g/mol. The number of hydrogen-bond donors (Lipinski definition) is 3. The summed E-state index contributed by atoms with van der Waals surface area (Å²) in [7, 11) is 0. The van der Waals surface area contributed by atoms with Gasteiger partial charge in [0, 0.05) is 12.2 Å². The second kappa shape index (κ2) is 14.3. The Morgan fingerprint density at radius 1 is 1.06 bits per heavy atom. The quantitative estimate of drug-likeness (QED) is 0.279. The Hall–Kier alpha value is -0.920. The van der Waals surface area contributed by atoms with Gasteiger partial charge in [0.1, 0.15) is 18.5 Å². The minimum atomic E-state index is -2.04. The number of amides is 1. The van der Waals surface area contributed by atoms with Crippen LogP contribution in [0.4, 0.5) is 5.69 Å². The number of benzene rings is 2. The van der Waals surface area contributed by atoms with Crippen LogP contribution in [-0.4, -0.2) is 40.6 Å². The van der Waals surface area contributed by atoms with E-state index in [9.17, 15) is 9.90 Å². The number of alkyl halides is 3. The van der Waals surface area contributed by atoms with Gasteiger partial charge in [-0.25, -0.2) is 0 Å². The molecule has 2 rings (SSSR count). The molecule has 5 nitrogen and oxygen atoms in total. The average Bonchev–Trinajstić information content (AvgIpc) is 2.74. The lowest BCUT2D eigenvalue weighted by atomic mass is 10.1. The molecule has 0 bridgehead atoms. The van der Waals surface area contributed by atoms with E-state index in [0.29, 0.717) is 34.6 Å². The molecule has 0 saturated carbocycles. The molecule has 1 amide bonds. The number of aliphatic hydroxyl groups excluding tert-OH is 1. The molecular weight excluding hydrogens is 506 g/mol. The molecule has 1 atom stereocenters. The van der Waals surface area contributed by atoms with Gasteiger partial charge in [0.05, 0.1) is 10.0 Å². The first-order valence-electron chi connectivity index (χ1n) is 9.59. The van der Waals surface area contributed by atoms with Crippen molar-refractivity contribution in [3.63, 3.8) is 0 Å². The number of halogens is 5. The van der Waals surface area contributed by atoms with E-state index in [1.54, 1.807) is 30.3 Å². The third-order valence-corrected chi connectivity index (χ3v) is 5.02. The Morgan fingerprint density at radius 3 is 2.29 bits per heavy atom. The number of hydrogen-bond acceptors (Lipinski definition) is 4. The standard InChI is InChI=1S/C19H19Cl5N2O3.C2H6/c20-16-6-1-12(9-17(16)21)7-8-25-10-14(27)11-29-15-4-2-13(3-5-15)26-18(28)19(22,23)24;1-2/h1-6,9,14,25,27H,7-8,10-11H2,(H,26,28);1-2H3/t14-;/m0./s1. The molecule has 0 fully saturated rings. The van der Waals surface area contributed by atoms with Crippen molar-refractivity contribution in [2.75, 3.05) is 25.0 Å². The number of ether oxygens (including phenoxy) is 1. The first kappa shape index (κ1) is 28.1. The van der Waals surface area contributed by atoms with Gasteiger partial charge < -0.3 is 20.5 Å². The Balaban J connectivity index is 0.00000233. The van der Waals surface area contributed by atoms with E-state index >= 15 is 0 Å². The van der Waals surface area contributed by atoms with E-state index in [2.05, 4.69) is 10.6 Å². The fraction of sp³-hybridized carbons (Fsp3) is 0.381. The van der Waals surface area contributed by atoms with Crippen molar-refractivity contribution in [3.05, 3.63) is 58.1 Å². The van der Waals surface area contributed by atoms with Crippen LogP contribution in [-0.2, 0) is 11.2 Å². The third kappa shape index (κ3) is 11.0. The van der Waals surface area contributed by atoms with Crippen LogP contribution in [0.15, 0.2) is 42.5 Å². The maximum Gasteiger partial charge on any atom is 0.276 e. The van der Waals surface area contributed by atoms with Gasteiger partial charge in [-0.2, -0.15) is 0 Å². The molecule has 10 heteroatoms. The highest BCUT2D eigenvalue weighted by Gasteiger charge is 2.30. The zero-order chi connectivity index (χ0) is 23.4.